The molecule has 126 valence electrons. The molecule has 1 aromatic carbocycles. The Morgan fingerprint density at radius 1 is 1.33 bits per heavy atom. The first-order valence-electron chi connectivity index (χ1n) is 8.24. The summed E-state index contributed by atoms with van der Waals surface area (Å²) in [5.41, 5.74) is 2.68. The third-order valence-electron chi connectivity index (χ3n) is 4.69. The van der Waals surface area contributed by atoms with Gasteiger partial charge < -0.3 is 0 Å². The lowest BCUT2D eigenvalue weighted by molar-refractivity contribution is 0.102. The standard InChI is InChI=1S/C19H22FN3O/c1-19(2,3)14-7-8-16-13(9-14)11-21-18(22-16)23-17(24)12-5-4-6-15(20)10-12/h4-6,10-11,14H,7-9H2,1-3H3,(H,21,22,23,24)/t14-/m1/s1. The Morgan fingerprint density at radius 3 is 2.83 bits per heavy atom. The molecule has 0 radical (unpaired) electrons. The Kier molecular flexibility index (Phi) is 4.35. The Balaban J connectivity index is 1.74. The van der Waals surface area contributed by atoms with Gasteiger partial charge in [0.2, 0.25) is 5.95 Å². The molecule has 4 nitrogen and oxygen atoms in total. The van der Waals surface area contributed by atoms with Crippen LogP contribution in [0.25, 0.3) is 0 Å². The van der Waals surface area contributed by atoms with Gasteiger partial charge in [-0.25, -0.2) is 14.4 Å². The van der Waals surface area contributed by atoms with E-state index in [1.807, 2.05) is 0 Å². The number of amides is 1. The number of hydrogen-bond donors (Lipinski definition) is 1. The molecule has 1 heterocycles. The number of halogens is 1. The van der Waals surface area contributed by atoms with Crippen LogP contribution in [0.1, 0.15) is 48.8 Å². The summed E-state index contributed by atoms with van der Waals surface area (Å²) in [5.74, 6) is 0.0404. The highest BCUT2D eigenvalue weighted by Gasteiger charge is 2.29. The molecule has 2 aromatic rings. The van der Waals surface area contributed by atoms with Gasteiger partial charge in [-0.3, -0.25) is 10.1 Å². The number of nitrogens with zero attached hydrogens (tertiary/aromatic N) is 2. The maximum Gasteiger partial charge on any atom is 0.258 e. The van der Waals surface area contributed by atoms with Crippen LogP contribution < -0.4 is 5.32 Å². The van der Waals surface area contributed by atoms with Crippen molar-refractivity contribution in [2.24, 2.45) is 11.3 Å². The summed E-state index contributed by atoms with van der Waals surface area (Å²) in [5, 5.41) is 2.65. The zero-order valence-electron chi connectivity index (χ0n) is 14.3. The number of benzene rings is 1. The Labute approximate surface area is 141 Å². The summed E-state index contributed by atoms with van der Waals surface area (Å²) in [7, 11) is 0. The quantitative estimate of drug-likeness (QED) is 0.906. The Hall–Kier alpha value is -2.30. The van der Waals surface area contributed by atoms with E-state index in [9.17, 15) is 9.18 Å². The average Bonchev–Trinajstić information content (AvgIpc) is 2.53. The van der Waals surface area contributed by atoms with Crippen LogP contribution in [0.3, 0.4) is 0 Å². The lowest BCUT2D eigenvalue weighted by Crippen LogP contribution is -2.28. The van der Waals surface area contributed by atoms with Gasteiger partial charge in [0.15, 0.2) is 0 Å². The number of hydrogen-bond acceptors (Lipinski definition) is 3. The van der Waals surface area contributed by atoms with E-state index in [4.69, 9.17) is 0 Å². The highest BCUT2D eigenvalue weighted by Crippen LogP contribution is 2.36. The Morgan fingerprint density at radius 2 is 2.12 bits per heavy atom. The van der Waals surface area contributed by atoms with Crippen LogP contribution >= 0.6 is 0 Å². The molecule has 0 aliphatic heterocycles. The van der Waals surface area contributed by atoms with Gasteiger partial charge in [0.05, 0.1) is 0 Å². The lowest BCUT2D eigenvalue weighted by atomic mass is 9.72. The van der Waals surface area contributed by atoms with Gasteiger partial charge in [-0.1, -0.05) is 26.8 Å². The summed E-state index contributed by atoms with van der Waals surface area (Å²) < 4.78 is 13.2. The van der Waals surface area contributed by atoms with Crippen molar-refractivity contribution >= 4 is 11.9 Å². The van der Waals surface area contributed by atoms with E-state index in [-0.39, 0.29) is 16.9 Å². The number of aromatic nitrogens is 2. The summed E-state index contributed by atoms with van der Waals surface area (Å²) in [6.07, 6.45) is 4.76. The molecule has 1 atom stereocenters. The van der Waals surface area contributed by atoms with Crippen LogP contribution in [-0.4, -0.2) is 15.9 Å². The summed E-state index contributed by atoms with van der Waals surface area (Å²) in [6, 6.07) is 5.56. The van der Waals surface area contributed by atoms with Crippen LogP contribution in [-0.2, 0) is 12.8 Å². The van der Waals surface area contributed by atoms with Crippen LogP contribution in [0.5, 0.6) is 0 Å². The molecule has 1 aliphatic rings. The van der Waals surface area contributed by atoms with E-state index in [2.05, 4.69) is 36.1 Å². The van der Waals surface area contributed by atoms with E-state index in [1.165, 1.54) is 18.2 Å². The van der Waals surface area contributed by atoms with Crippen LogP contribution in [0.2, 0.25) is 0 Å². The predicted molar refractivity (Wildman–Crippen MR) is 91.4 cm³/mol. The Bertz CT molecular complexity index is 767. The highest BCUT2D eigenvalue weighted by atomic mass is 19.1. The largest absolute Gasteiger partial charge is 0.290 e. The van der Waals surface area contributed by atoms with Crippen LogP contribution in [0.4, 0.5) is 10.3 Å². The topological polar surface area (TPSA) is 54.9 Å². The van der Waals surface area contributed by atoms with Crippen molar-refractivity contribution in [2.75, 3.05) is 5.32 Å². The second-order valence-corrected chi connectivity index (χ2v) is 7.44. The molecule has 5 heteroatoms. The third-order valence-corrected chi connectivity index (χ3v) is 4.69. The summed E-state index contributed by atoms with van der Waals surface area (Å²) in [6.45, 7) is 6.78. The molecular weight excluding hydrogens is 305 g/mol. The lowest BCUT2D eigenvalue weighted by Gasteiger charge is -2.34. The van der Waals surface area contributed by atoms with Crippen molar-refractivity contribution in [3.63, 3.8) is 0 Å². The molecule has 0 bridgehead atoms. The predicted octanol–water partition coefficient (Wildman–Crippen LogP) is 4.02. The van der Waals surface area contributed by atoms with Crippen molar-refractivity contribution in [1.29, 1.82) is 0 Å². The minimum absolute atomic E-state index is 0.254. The molecule has 0 fully saturated rings. The zero-order valence-corrected chi connectivity index (χ0v) is 14.3. The summed E-state index contributed by atoms with van der Waals surface area (Å²) >= 11 is 0. The van der Waals surface area contributed by atoms with Gasteiger partial charge in [-0.2, -0.15) is 0 Å². The molecule has 0 saturated heterocycles. The molecule has 24 heavy (non-hydrogen) atoms. The fraction of sp³-hybridized carbons (Fsp3) is 0.421. The van der Waals surface area contributed by atoms with E-state index in [0.717, 1.165) is 30.5 Å². The molecule has 3 rings (SSSR count). The van der Waals surface area contributed by atoms with Crippen LogP contribution in [0, 0.1) is 17.2 Å². The molecule has 1 aliphatic carbocycles. The number of carbonyl (C=O) groups is 1. The fourth-order valence-corrected chi connectivity index (χ4v) is 3.11. The number of anilines is 1. The number of aryl methyl sites for hydroxylation is 1. The number of nitrogens with one attached hydrogen (secondary N) is 1. The van der Waals surface area contributed by atoms with Crippen molar-refractivity contribution in [3.05, 3.63) is 53.1 Å². The van der Waals surface area contributed by atoms with E-state index in [1.54, 1.807) is 12.3 Å². The number of rotatable bonds is 2. The highest BCUT2D eigenvalue weighted by molar-refractivity contribution is 6.03. The molecule has 0 saturated carbocycles. The zero-order chi connectivity index (χ0) is 17.3. The van der Waals surface area contributed by atoms with Gasteiger partial charge in [0.1, 0.15) is 5.82 Å². The first-order valence-corrected chi connectivity index (χ1v) is 8.24. The smallest absolute Gasteiger partial charge is 0.258 e. The molecule has 1 N–H and O–H groups in total. The normalized spacial score (nSPS) is 17.2. The molecule has 1 amide bonds. The minimum atomic E-state index is -0.442. The fourth-order valence-electron chi connectivity index (χ4n) is 3.11. The monoisotopic (exact) mass is 327 g/mol. The first kappa shape index (κ1) is 16.6. The first-order chi connectivity index (χ1) is 11.3. The van der Waals surface area contributed by atoms with E-state index < -0.39 is 11.7 Å². The molecular formula is C19H22FN3O. The van der Waals surface area contributed by atoms with Crippen molar-refractivity contribution < 1.29 is 9.18 Å². The maximum absolute atomic E-state index is 13.2. The number of fused-ring (bicyclic) bond motifs is 1. The summed E-state index contributed by atoms with van der Waals surface area (Å²) in [4.78, 5) is 20.9. The van der Waals surface area contributed by atoms with Gasteiger partial charge >= 0.3 is 0 Å². The van der Waals surface area contributed by atoms with Gasteiger partial charge in [0, 0.05) is 17.5 Å². The number of carbonyl (C=O) groups excluding carboxylic acids is 1. The maximum atomic E-state index is 13.2. The van der Waals surface area contributed by atoms with Crippen LogP contribution in [0.15, 0.2) is 30.5 Å². The molecule has 0 unspecified atom stereocenters. The van der Waals surface area contributed by atoms with E-state index in [0.29, 0.717) is 5.92 Å². The third kappa shape index (κ3) is 3.61. The van der Waals surface area contributed by atoms with Gasteiger partial charge in [-0.05, 0) is 54.4 Å². The van der Waals surface area contributed by atoms with Crippen molar-refractivity contribution in [1.82, 2.24) is 9.97 Å². The van der Waals surface area contributed by atoms with Gasteiger partial charge in [-0.15, -0.1) is 0 Å². The average molecular weight is 327 g/mol. The SMILES string of the molecule is CC(C)(C)[C@@H]1CCc2nc(NC(=O)c3cccc(F)c3)ncc2C1. The van der Waals surface area contributed by atoms with E-state index >= 15 is 0 Å². The second-order valence-electron chi connectivity index (χ2n) is 7.44. The molecule has 1 aromatic heterocycles. The second kappa shape index (κ2) is 6.30. The van der Waals surface area contributed by atoms with Crippen molar-refractivity contribution in [2.45, 2.75) is 40.0 Å². The van der Waals surface area contributed by atoms with Gasteiger partial charge in [0.25, 0.3) is 5.91 Å². The minimum Gasteiger partial charge on any atom is -0.290 e. The molecule has 0 spiro atoms. The van der Waals surface area contributed by atoms with Crippen molar-refractivity contribution in [3.8, 4) is 0 Å².